The Kier molecular flexibility index (Phi) is 13.3. The predicted octanol–water partition coefficient (Wildman–Crippen LogP) is 1.23. The molecule has 1 aromatic rings. The number of hydrogen-bond acceptors (Lipinski definition) is 6. The average molecular weight is 205 g/mol. The van der Waals surface area contributed by atoms with Gasteiger partial charge in [0.2, 0.25) is 0 Å². The molecule has 0 aliphatic heterocycles. The Balaban J connectivity index is 0. The van der Waals surface area contributed by atoms with E-state index in [0.29, 0.717) is 5.75 Å². The molecule has 2 N–H and O–H groups in total. The molecule has 0 saturated carbocycles. The topological polar surface area (TPSA) is 121 Å². The summed E-state index contributed by atoms with van der Waals surface area (Å²) in [7, 11) is 0. The highest BCUT2D eigenvalue weighted by Gasteiger charge is 1.84. The van der Waals surface area contributed by atoms with Crippen molar-refractivity contribution in [1.29, 1.82) is 15.8 Å². The summed E-state index contributed by atoms with van der Waals surface area (Å²) in [5.74, 6) is 0.583. The van der Waals surface area contributed by atoms with Gasteiger partial charge in [-0.25, -0.2) is 0 Å². The first-order chi connectivity index (χ1) is 7.26. The van der Waals surface area contributed by atoms with Gasteiger partial charge in [0.25, 0.3) is 18.8 Å². The second-order valence-electron chi connectivity index (χ2n) is 1.71. The molecule has 0 amide bonds. The number of nitrogens with zero attached hydrogens (tertiary/aromatic N) is 3. The van der Waals surface area contributed by atoms with E-state index in [1.165, 1.54) is 0 Å². The van der Waals surface area contributed by atoms with Crippen LogP contribution in [-0.4, -0.2) is 10.2 Å². The van der Waals surface area contributed by atoms with E-state index in [1.807, 2.05) is 18.2 Å². The SMILES string of the molecule is N#CO.N#CO.N#COc1ccccc1. The lowest BCUT2D eigenvalue weighted by atomic mass is 10.3. The number of rotatable bonds is 1. The fourth-order valence-corrected chi connectivity index (χ4v) is 0.541. The molecule has 0 aromatic heterocycles. The lowest BCUT2D eigenvalue weighted by Gasteiger charge is -1.89. The summed E-state index contributed by atoms with van der Waals surface area (Å²) < 4.78 is 4.51. The molecular formula is C9H7N3O3. The number of aliphatic hydroxyl groups excluding tert-OH is 2. The second-order valence-corrected chi connectivity index (χ2v) is 1.71. The fourth-order valence-electron chi connectivity index (χ4n) is 0.541. The Morgan fingerprint density at radius 1 is 0.933 bits per heavy atom. The van der Waals surface area contributed by atoms with Crippen LogP contribution in [0.5, 0.6) is 5.75 Å². The van der Waals surface area contributed by atoms with E-state index in [-0.39, 0.29) is 0 Å². The molecule has 0 fully saturated rings. The van der Waals surface area contributed by atoms with E-state index < -0.39 is 0 Å². The zero-order valence-electron chi connectivity index (χ0n) is 7.53. The molecule has 0 radical (unpaired) electrons. The molecule has 0 unspecified atom stereocenters. The van der Waals surface area contributed by atoms with Gasteiger partial charge < -0.3 is 14.9 Å². The van der Waals surface area contributed by atoms with Crippen molar-refractivity contribution in [2.24, 2.45) is 0 Å². The van der Waals surface area contributed by atoms with E-state index in [0.717, 1.165) is 12.5 Å². The molecule has 0 saturated heterocycles. The number of para-hydroxylation sites is 1. The first-order valence-corrected chi connectivity index (χ1v) is 3.44. The summed E-state index contributed by atoms with van der Waals surface area (Å²) in [6, 6.07) is 8.94. The van der Waals surface area contributed by atoms with Gasteiger partial charge >= 0.3 is 0 Å². The first-order valence-electron chi connectivity index (χ1n) is 3.44. The zero-order valence-corrected chi connectivity index (χ0v) is 7.53. The molecule has 15 heavy (non-hydrogen) atoms. The Hall–Kier alpha value is -2.91. The Bertz CT molecular complexity index is 347. The molecule has 1 aromatic carbocycles. The van der Waals surface area contributed by atoms with Crippen molar-refractivity contribution in [3.63, 3.8) is 0 Å². The van der Waals surface area contributed by atoms with E-state index in [9.17, 15) is 0 Å². The van der Waals surface area contributed by atoms with Crippen LogP contribution in [0.2, 0.25) is 0 Å². The zero-order chi connectivity index (χ0) is 11.9. The summed E-state index contributed by atoms with van der Waals surface area (Å²) in [4.78, 5) is 0. The van der Waals surface area contributed by atoms with Gasteiger partial charge in [0, 0.05) is 0 Å². The van der Waals surface area contributed by atoms with Gasteiger partial charge in [0.1, 0.15) is 5.75 Å². The summed E-state index contributed by atoms with van der Waals surface area (Å²) in [6.07, 6.45) is 3.08. The van der Waals surface area contributed by atoms with Crippen LogP contribution in [0.4, 0.5) is 0 Å². The van der Waals surface area contributed by atoms with Crippen LogP contribution >= 0.6 is 0 Å². The standard InChI is InChI=1S/C7H5NO.2CHNO/c8-6-9-7-4-2-1-3-5-7;2*2-1-3/h1-5H;2*3H. The van der Waals surface area contributed by atoms with Gasteiger partial charge in [-0.05, 0) is 12.1 Å². The normalized spacial score (nSPS) is 5.67. The van der Waals surface area contributed by atoms with Crippen molar-refractivity contribution in [1.82, 2.24) is 0 Å². The van der Waals surface area contributed by atoms with E-state index in [4.69, 9.17) is 26.0 Å². The Morgan fingerprint density at radius 2 is 1.33 bits per heavy atom. The van der Waals surface area contributed by atoms with Crippen LogP contribution in [0.25, 0.3) is 0 Å². The molecule has 6 heteroatoms. The highest BCUT2D eigenvalue weighted by molar-refractivity contribution is 5.21. The number of ether oxygens (including phenoxy) is 1. The maximum Gasteiger partial charge on any atom is 0.292 e. The van der Waals surface area contributed by atoms with Gasteiger partial charge in [-0.2, -0.15) is 10.5 Å². The molecule has 1 rings (SSSR count). The second kappa shape index (κ2) is 13.7. The van der Waals surface area contributed by atoms with Crippen molar-refractivity contribution in [3.8, 4) is 24.5 Å². The lowest BCUT2D eigenvalue weighted by Crippen LogP contribution is -1.78. The van der Waals surface area contributed by atoms with Gasteiger partial charge in [-0.3, -0.25) is 0 Å². The highest BCUT2D eigenvalue weighted by Crippen LogP contribution is 2.06. The lowest BCUT2D eigenvalue weighted by molar-refractivity contribution is 0.502. The monoisotopic (exact) mass is 205 g/mol. The summed E-state index contributed by atoms with van der Waals surface area (Å²) in [5, 5.41) is 35.5. The molecular weight excluding hydrogens is 198 g/mol. The quantitative estimate of drug-likeness (QED) is 0.665. The minimum absolute atomic E-state index is 0.583. The third-order valence-electron chi connectivity index (χ3n) is 0.907. The summed E-state index contributed by atoms with van der Waals surface area (Å²) in [5.41, 5.74) is 0. The molecule has 0 aliphatic rings. The summed E-state index contributed by atoms with van der Waals surface area (Å²) >= 11 is 0. The number of benzene rings is 1. The molecule has 6 nitrogen and oxygen atoms in total. The van der Waals surface area contributed by atoms with Crippen molar-refractivity contribution in [2.45, 2.75) is 0 Å². The molecule has 0 atom stereocenters. The van der Waals surface area contributed by atoms with Crippen LogP contribution < -0.4 is 4.74 Å². The van der Waals surface area contributed by atoms with E-state index >= 15 is 0 Å². The van der Waals surface area contributed by atoms with Gasteiger partial charge in [0.15, 0.2) is 0 Å². The third kappa shape index (κ3) is 14.0. The molecule has 0 spiro atoms. The van der Waals surface area contributed by atoms with Crippen molar-refractivity contribution in [3.05, 3.63) is 30.3 Å². The maximum absolute atomic E-state index is 8.05. The molecule has 0 bridgehead atoms. The minimum Gasteiger partial charge on any atom is -0.443 e. The van der Waals surface area contributed by atoms with Crippen molar-refractivity contribution in [2.75, 3.05) is 0 Å². The Labute approximate surface area is 86.4 Å². The average Bonchev–Trinajstić information content (AvgIpc) is 2.22. The highest BCUT2D eigenvalue weighted by atomic mass is 16.5. The first kappa shape index (κ1) is 14.6. The van der Waals surface area contributed by atoms with E-state index in [1.54, 1.807) is 18.4 Å². The maximum atomic E-state index is 8.05. The largest absolute Gasteiger partial charge is 0.443 e. The van der Waals surface area contributed by atoms with E-state index in [2.05, 4.69) is 4.74 Å². The van der Waals surface area contributed by atoms with Gasteiger partial charge in [0.05, 0.1) is 0 Å². The number of hydrogen-bond donors (Lipinski definition) is 2. The number of nitriles is 3. The summed E-state index contributed by atoms with van der Waals surface area (Å²) in [6.45, 7) is 0. The van der Waals surface area contributed by atoms with Crippen LogP contribution in [0.3, 0.4) is 0 Å². The smallest absolute Gasteiger partial charge is 0.292 e. The molecule has 0 heterocycles. The number of aliphatic hydroxyl groups is 2. The Morgan fingerprint density at radius 3 is 1.67 bits per heavy atom. The van der Waals surface area contributed by atoms with Crippen LogP contribution in [0.15, 0.2) is 30.3 Å². The van der Waals surface area contributed by atoms with Crippen LogP contribution in [0.1, 0.15) is 0 Å². The minimum atomic E-state index is 0.583. The van der Waals surface area contributed by atoms with Crippen LogP contribution in [0, 0.1) is 34.6 Å². The van der Waals surface area contributed by atoms with Crippen molar-refractivity contribution >= 4 is 0 Å². The third-order valence-corrected chi connectivity index (χ3v) is 0.907. The molecule has 76 valence electrons. The van der Waals surface area contributed by atoms with Gasteiger partial charge in [-0.15, -0.1) is 5.26 Å². The fraction of sp³-hybridized carbons (Fsp3) is 0. The van der Waals surface area contributed by atoms with Gasteiger partial charge in [-0.1, -0.05) is 18.2 Å². The predicted molar refractivity (Wildman–Crippen MR) is 47.8 cm³/mol. The van der Waals surface area contributed by atoms with Crippen molar-refractivity contribution < 1.29 is 14.9 Å². The van der Waals surface area contributed by atoms with Crippen LogP contribution in [-0.2, 0) is 0 Å². The molecule has 0 aliphatic carbocycles.